The zero-order chi connectivity index (χ0) is 22.7. The Morgan fingerprint density at radius 2 is 1.84 bits per heavy atom. The lowest BCUT2D eigenvalue weighted by molar-refractivity contribution is 0.101. The summed E-state index contributed by atoms with van der Waals surface area (Å²) in [5.74, 6) is 2.06. The molecule has 0 aliphatic rings. The molecular formula is C22H21ClN6O3. The van der Waals surface area contributed by atoms with Crippen LogP contribution in [0.1, 0.15) is 23.1 Å². The van der Waals surface area contributed by atoms with Gasteiger partial charge in [-0.2, -0.15) is 4.52 Å². The Hall–Kier alpha value is -3.85. The summed E-state index contributed by atoms with van der Waals surface area (Å²) in [7, 11) is 3.07. The smallest absolute Gasteiger partial charge is 0.178 e. The van der Waals surface area contributed by atoms with Gasteiger partial charge in [0.15, 0.2) is 34.6 Å². The number of aromatic nitrogens is 4. The first-order valence-corrected chi connectivity index (χ1v) is 10.1. The zero-order valence-corrected chi connectivity index (χ0v) is 18.5. The van der Waals surface area contributed by atoms with E-state index in [0.29, 0.717) is 45.1 Å². The summed E-state index contributed by atoms with van der Waals surface area (Å²) in [5, 5.41) is 20.0. The number of nitrogens with one attached hydrogen (secondary N) is 2. The molecule has 0 amide bonds. The lowest BCUT2D eigenvalue weighted by Crippen LogP contribution is -2.10. The molecule has 9 nitrogen and oxygen atoms in total. The summed E-state index contributed by atoms with van der Waals surface area (Å²) in [4.78, 5) is 12.2. The van der Waals surface area contributed by atoms with Gasteiger partial charge >= 0.3 is 0 Å². The molecule has 164 valence electrons. The Kier molecular flexibility index (Phi) is 6.09. The van der Waals surface area contributed by atoms with E-state index in [1.54, 1.807) is 29.8 Å². The highest BCUT2D eigenvalue weighted by Gasteiger charge is 2.15. The van der Waals surface area contributed by atoms with Gasteiger partial charge in [0.2, 0.25) is 0 Å². The van der Waals surface area contributed by atoms with E-state index >= 15 is 0 Å². The molecule has 4 aromatic rings. The van der Waals surface area contributed by atoms with Crippen molar-refractivity contribution in [1.82, 2.24) is 19.8 Å². The van der Waals surface area contributed by atoms with Crippen LogP contribution in [0.25, 0.3) is 5.65 Å². The fourth-order valence-electron chi connectivity index (χ4n) is 3.22. The van der Waals surface area contributed by atoms with Crippen molar-refractivity contribution in [3.8, 4) is 11.5 Å². The number of carbonyl (C=O) groups is 1. The van der Waals surface area contributed by atoms with Gasteiger partial charge < -0.3 is 20.1 Å². The van der Waals surface area contributed by atoms with Crippen LogP contribution in [-0.2, 0) is 6.54 Å². The third kappa shape index (κ3) is 4.42. The fraction of sp³-hybridized carbons (Fsp3) is 0.182. The standard InChI is InChI=1S/C22H21ClN6O3/c1-13(30)16-10-18(31-2)19(32-3)11-17(16)24-12-22-27-26-21-8-7-20(28-29(21)22)25-15-6-4-5-14(23)9-15/h4-11,24H,12H2,1-3H3,(H,25,28). The minimum absolute atomic E-state index is 0.106. The number of hydrogen-bond acceptors (Lipinski definition) is 8. The number of Topliss-reactive ketones (excluding diaryl/α,β-unsaturated/α-hetero) is 1. The first-order chi connectivity index (χ1) is 15.5. The lowest BCUT2D eigenvalue weighted by atomic mass is 10.1. The van der Waals surface area contributed by atoms with Crippen LogP contribution < -0.4 is 20.1 Å². The summed E-state index contributed by atoms with van der Waals surface area (Å²) in [5.41, 5.74) is 2.49. The number of ether oxygens (including phenoxy) is 2. The lowest BCUT2D eigenvalue weighted by Gasteiger charge is -2.14. The average molecular weight is 453 g/mol. The van der Waals surface area contributed by atoms with Crippen molar-refractivity contribution in [3.63, 3.8) is 0 Å². The van der Waals surface area contributed by atoms with Gasteiger partial charge in [-0.1, -0.05) is 17.7 Å². The molecule has 0 aliphatic heterocycles. The summed E-state index contributed by atoms with van der Waals surface area (Å²) >= 11 is 6.05. The van der Waals surface area contributed by atoms with Crippen LogP contribution in [0.2, 0.25) is 5.02 Å². The summed E-state index contributed by atoms with van der Waals surface area (Å²) < 4.78 is 12.3. The maximum Gasteiger partial charge on any atom is 0.178 e. The van der Waals surface area contributed by atoms with Crippen molar-refractivity contribution < 1.29 is 14.3 Å². The first-order valence-electron chi connectivity index (χ1n) is 9.73. The molecule has 2 aromatic carbocycles. The van der Waals surface area contributed by atoms with Crippen molar-refractivity contribution >= 4 is 40.2 Å². The van der Waals surface area contributed by atoms with Gasteiger partial charge in [-0.05, 0) is 43.3 Å². The predicted octanol–water partition coefficient (Wildman–Crippen LogP) is 4.35. The molecule has 0 bridgehead atoms. The van der Waals surface area contributed by atoms with E-state index in [0.717, 1.165) is 5.69 Å². The van der Waals surface area contributed by atoms with Gasteiger partial charge in [0.25, 0.3) is 0 Å². The van der Waals surface area contributed by atoms with Gasteiger partial charge in [0.05, 0.1) is 20.8 Å². The van der Waals surface area contributed by atoms with Gasteiger partial charge in [-0.25, -0.2) is 0 Å². The quantitative estimate of drug-likeness (QED) is 0.380. The SMILES string of the molecule is COc1cc(NCc2nnc3ccc(Nc4cccc(Cl)c4)nn23)c(C(C)=O)cc1OC. The minimum atomic E-state index is -0.106. The highest BCUT2D eigenvalue weighted by molar-refractivity contribution is 6.30. The number of benzene rings is 2. The maximum absolute atomic E-state index is 12.2. The van der Waals surface area contributed by atoms with Crippen LogP contribution in [-0.4, -0.2) is 39.8 Å². The molecule has 0 spiro atoms. The molecule has 0 saturated heterocycles. The van der Waals surface area contributed by atoms with Crippen molar-refractivity contribution in [2.75, 3.05) is 24.9 Å². The van der Waals surface area contributed by atoms with Crippen LogP contribution in [0.15, 0.2) is 48.5 Å². The molecule has 0 aliphatic carbocycles. The van der Waals surface area contributed by atoms with E-state index in [-0.39, 0.29) is 12.3 Å². The Balaban J connectivity index is 1.60. The Morgan fingerprint density at radius 1 is 1.06 bits per heavy atom. The van der Waals surface area contributed by atoms with E-state index in [1.165, 1.54) is 14.0 Å². The van der Waals surface area contributed by atoms with Gasteiger partial charge in [-0.3, -0.25) is 4.79 Å². The van der Waals surface area contributed by atoms with E-state index in [1.807, 2.05) is 30.3 Å². The highest BCUT2D eigenvalue weighted by Crippen LogP contribution is 2.33. The second kappa shape index (κ2) is 9.11. The molecule has 2 N–H and O–H groups in total. The van der Waals surface area contributed by atoms with E-state index in [4.69, 9.17) is 21.1 Å². The highest BCUT2D eigenvalue weighted by atomic mass is 35.5. The molecule has 0 saturated carbocycles. The van der Waals surface area contributed by atoms with Crippen molar-refractivity contribution in [1.29, 1.82) is 0 Å². The number of rotatable bonds is 8. The third-order valence-electron chi connectivity index (χ3n) is 4.76. The normalized spacial score (nSPS) is 10.8. The van der Waals surface area contributed by atoms with Crippen LogP contribution >= 0.6 is 11.6 Å². The number of halogens is 1. The van der Waals surface area contributed by atoms with Gasteiger partial charge in [0.1, 0.15) is 0 Å². The van der Waals surface area contributed by atoms with E-state index in [2.05, 4.69) is 25.9 Å². The second-order valence-corrected chi connectivity index (χ2v) is 7.34. The van der Waals surface area contributed by atoms with Crippen molar-refractivity contribution in [2.45, 2.75) is 13.5 Å². The molecule has 10 heteroatoms. The summed E-state index contributed by atoms with van der Waals surface area (Å²) in [6.07, 6.45) is 0. The molecule has 0 radical (unpaired) electrons. The Bertz CT molecular complexity index is 1290. The maximum atomic E-state index is 12.2. The fourth-order valence-corrected chi connectivity index (χ4v) is 3.41. The molecule has 0 atom stereocenters. The van der Waals surface area contributed by atoms with Crippen molar-refractivity contribution in [3.05, 3.63) is 64.9 Å². The number of carbonyl (C=O) groups excluding carboxylic acids is 1. The molecular weight excluding hydrogens is 432 g/mol. The molecule has 0 fully saturated rings. The summed E-state index contributed by atoms with van der Waals surface area (Å²) in [6.45, 7) is 1.78. The molecule has 2 aromatic heterocycles. The number of fused-ring (bicyclic) bond motifs is 1. The second-order valence-electron chi connectivity index (χ2n) is 6.90. The van der Waals surface area contributed by atoms with Gasteiger partial charge in [-0.15, -0.1) is 15.3 Å². The number of ketones is 1. The van der Waals surface area contributed by atoms with Crippen LogP contribution in [0.3, 0.4) is 0 Å². The largest absolute Gasteiger partial charge is 0.493 e. The monoisotopic (exact) mass is 452 g/mol. The molecule has 2 heterocycles. The van der Waals surface area contributed by atoms with Crippen molar-refractivity contribution in [2.24, 2.45) is 0 Å². The topological polar surface area (TPSA) is 103 Å². The first kappa shape index (κ1) is 21.4. The number of methoxy groups -OCH3 is 2. The summed E-state index contributed by atoms with van der Waals surface area (Å²) in [6, 6.07) is 14.4. The van der Waals surface area contributed by atoms with E-state index in [9.17, 15) is 4.79 Å². The van der Waals surface area contributed by atoms with E-state index < -0.39 is 0 Å². The Morgan fingerprint density at radius 3 is 2.56 bits per heavy atom. The Labute approximate surface area is 189 Å². The average Bonchev–Trinajstić information content (AvgIpc) is 3.19. The molecule has 4 rings (SSSR count). The number of nitrogens with zero attached hydrogens (tertiary/aromatic N) is 4. The van der Waals surface area contributed by atoms with Crippen LogP contribution in [0, 0.1) is 0 Å². The number of hydrogen-bond donors (Lipinski definition) is 2. The van der Waals surface area contributed by atoms with Crippen LogP contribution in [0.5, 0.6) is 11.5 Å². The number of anilines is 3. The van der Waals surface area contributed by atoms with Gasteiger partial charge in [0, 0.05) is 28.0 Å². The third-order valence-corrected chi connectivity index (χ3v) is 5.00. The molecule has 0 unspecified atom stereocenters. The molecule has 32 heavy (non-hydrogen) atoms. The minimum Gasteiger partial charge on any atom is -0.493 e. The van der Waals surface area contributed by atoms with Crippen LogP contribution in [0.4, 0.5) is 17.2 Å². The predicted molar refractivity (Wildman–Crippen MR) is 122 cm³/mol. The zero-order valence-electron chi connectivity index (χ0n) is 17.7.